The van der Waals surface area contributed by atoms with Crippen molar-refractivity contribution < 1.29 is 14.3 Å². The summed E-state index contributed by atoms with van der Waals surface area (Å²) < 4.78 is 5.02. The van der Waals surface area contributed by atoms with E-state index in [1.165, 1.54) is 18.4 Å². The number of carbonyl (C=O) groups is 2. The molecule has 4 aliphatic carbocycles. The topological polar surface area (TPSA) is 58.6 Å². The third-order valence-electron chi connectivity index (χ3n) is 8.51. The maximum Gasteiger partial charge on any atom is 0.407 e. The van der Waals surface area contributed by atoms with E-state index in [1.807, 2.05) is 11.9 Å². The van der Waals surface area contributed by atoms with Crippen LogP contribution in [0.25, 0.3) is 0 Å². The highest BCUT2D eigenvalue weighted by Crippen LogP contribution is 2.56. The highest BCUT2D eigenvalue weighted by Gasteiger charge is 2.54. The van der Waals surface area contributed by atoms with Crippen molar-refractivity contribution in [3.63, 3.8) is 0 Å². The molecule has 0 aromatic rings. The van der Waals surface area contributed by atoms with E-state index >= 15 is 0 Å². The normalized spacial score (nSPS) is 42.8. The number of hydrogen-bond acceptors (Lipinski definition) is 3. The number of rotatable bonds is 4. The van der Waals surface area contributed by atoms with Crippen molar-refractivity contribution in [1.29, 1.82) is 0 Å². The molecule has 1 aliphatic heterocycles. The Kier molecular flexibility index (Phi) is 3.83. The third-order valence-corrected chi connectivity index (χ3v) is 8.51. The predicted octanol–water partition coefficient (Wildman–Crippen LogP) is 3.80. The second-order valence-corrected chi connectivity index (χ2v) is 10.6. The van der Waals surface area contributed by atoms with Gasteiger partial charge in [0.2, 0.25) is 5.91 Å². The van der Waals surface area contributed by atoms with Gasteiger partial charge in [0.15, 0.2) is 0 Å². The fraction of sp³-hybridized carbons (Fsp3) is 0.739. The van der Waals surface area contributed by atoms with Gasteiger partial charge in [-0.15, -0.1) is 0 Å². The zero-order valence-electron chi connectivity index (χ0n) is 17.3. The molecule has 5 aliphatic rings. The first kappa shape index (κ1) is 18.3. The summed E-state index contributed by atoms with van der Waals surface area (Å²) in [5.41, 5.74) is 1.95. The van der Waals surface area contributed by atoms with Gasteiger partial charge in [0.05, 0.1) is 5.54 Å². The molecule has 4 fully saturated rings. The molecule has 1 atom stereocenters. The number of nitrogens with zero attached hydrogens (tertiary/aromatic N) is 1. The van der Waals surface area contributed by atoms with E-state index in [-0.39, 0.29) is 28.9 Å². The van der Waals surface area contributed by atoms with Gasteiger partial charge >= 0.3 is 6.09 Å². The maximum absolute atomic E-state index is 12.9. The number of carbonyl (C=O) groups excluding carboxylic acids is 2. The van der Waals surface area contributed by atoms with Crippen LogP contribution in [0.3, 0.4) is 0 Å². The van der Waals surface area contributed by atoms with E-state index in [1.54, 1.807) is 0 Å². The third kappa shape index (κ3) is 2.81. The molecule has 0 bridgehead atoms. The minimum absolute atomic E-state index is 0.0287. The lowest BCUT2D eigenvalue weighted by Gasteiger charge is -2.51. The largest absolute Gasteiger partial charge is 0.447 e. The Balaban J connectivity index is 1.12. The lowest BCUT2D eigenvalue weighted by Crippen LogP contribution is -2.60. The monoisotopic (exact) mass is 384 g/mol. The summed E-state index contributed by atoms with van der Waals surface area (Å²) in [5, 5.41) is 2.88. The van der Waals surface area contributed by atoms with Crippen LogP contribution >= 0.6 is 0 Å². The first-order valence-corrected chi connectivity index (χ1v) is 10.8. The molecule has 152 valence electrons. The molecular weight excluding hydrogens is 352 g/mol. The van der Waals surface area contributed by atoms with E-state index in [0.29, 0.717) is 36.8 Å². The molecule has 0 aromatic carbocycles. The fourth-order valence-electron chi connectivity index (χ4n) is 5.65. The number of cyclic esters (lactones) is 1. The average molecular weight is 385 g/mol. The second-order valence-electron chi connectivity index (χ2n) is 10.6. The van der Waals surface area contributed by atoms with Crippen LogP contribution in [0.5, 0.6) is 0 Å². The number of alkyl carbamates (subject to hydrolysis) is 1. The molecule has 1 unspecified atom stereocenters. The van der Waals surface area contributed by atoms with Gasteiger partial charge in [0, 0.05) is 19.0 Å². The van der Waals surface area contributed by atoms with Crippen molar-refractivity contribution in [1.82, 2.24) is 10.2 Å². The quantitative estimate of drug-likeness (QED) is 0.802. The zero-order chi connectivity index (χ0) is 19.7. The van der Waals surface area contributed by atoms with Crippen molar-refractivity contribution >= 4 is 12.0 Å². The maximum atomic E-state index is 12.9. The Morgan fingerprint density at radius 1 is 1.25 bits per heavy atom. The average Bonchev–Trinajstić information content (AvgIpc) is 3.21. The van der Waals surface area contributed by atoms with Crippen molar-refractivity contribution in [2.24, 2.45) is 22.7 Å². The minimum Gasteiger partial charge on any atom is -0.447 e. The predicted molar refractivity (Wildman–Crippen MR) is 107 cm³/mol. The minimum atomic E-state index is -0.345. The molecule has 3 saturated carbocycles. The van der Waals surface area contributed by atoms with Crippen molar-refractivity contribution in [3.8, 4) is 0 Å². The highest BCUT2D eigenvalue weighted by atomic mass is 16.6. The van der Waals surface area contributed by atoms with Crippen molar-refractivity contribution in [2.75, 3.05) is 13.7 Å². The molecule has 1 heterocycles. The summed E-state index contributed by atoms with van der Waals surface area (Å²) in [6, 6.07) is 0.361. The molecule has 2 amide bonds. The Hall–Kier alpha value is -1.78. The van der Waals surface area contributed by atoms with E-state index < -0.39 is 0 Å². The number of allylic oxidation sites excluding steroid dienone is 4. The second kappa shape index (κ2) is 5.87. The van der Waals surface area contributed by atoms with Crippen LogP contribution in [0.1, 0.15) is 58.8 Å². The summed E-state index contributed by atoms with van der Waals surface area (Å²) >= 11 is 0. The zero-order valence-corrected chi connectivity index (χ0v) is 17.3. The van der Waals surface area contributed by atoms with Gasteiger partial charge in [0.25, 0.3) is 0 Å². The van der Waals surface area contributed by atoms with E-state index in [2.05, 4.69) is 37.4 Å². The van der Waals surface area contributed by atoms with E-state index in [4.69, 9.17) is 4.74 Å². The van der Waals surface area contributed by atoms with Crippen LogP contribution < -0.4 is 5.32 Å². The number of hydrogen-bond donors (Lipinski definition) is 1. The van der Waals surface area contributed by atoms with Gasteiger partial charge in [-0.1, -0.05) is 32.1 Å². The Morgan fingerprint density at radius 3 is 2.50 bits per heavy atom. The number of ether oxygens (including phenoxy) is 1. The molecule has 5 nitrogen and oxygen atoms in total. The van der Waals surface area contributed by atoms with Gasteiger partial charge in [-0.05, 0) is 67.3 Å². The molecular formula is C23H32N2O3. The van der Waals surface area contributed by atoms with Gasteiger partial charge in [0.1, 0.15) is 6.61 Å². The van der Waals surface area contributed by atoms with Gasteiger partial charge in [-0.3, -0.25) is 4.79 Å². The SMILES string of the molecule is CN(C(=O)C1CC2(COC(=O)N2)C1)C1CC(C2(C)C=CC(C3(C)CC3)=CC2)C1. The summed E-state index contributed by atoms with van der Waals surface area (Å²) in [7, 11) is 1.96. The van der Waals surface area contributed by atoms with Crippen LogP contribution in [0.4, 0.5) is 4.79 Å². The van der Waals surface area contributed by atoms with Crippen LogP contribution in [0.15, 0.2) is 23.8 Å². The van der Waals surface area contributed by atoms with Crippen LogP contribution in [-0.2, 0) is 9.53 Å². The first-order chi connectivity index (χ1) is 13.2. The van der Waals surface area contributed by atoms with E-state index in [0.717, 1.165) is 19.3 Å². The molecule has 1 spiro atoms. The Morgan fingerprint density at radius 2 is 1.96 bits per heavy atom. The van der Waals surface area contributed by atoms with Gasteiger partial charge < -0.3 is 15.0 Å². The Labute approximate surface area is 167 Å². The van der Waals surface area contributed by atoms with E-state index in [9.17, 15) is 9.59 Å². The fourth-order valence-corrected chi connectivity index (χ4v) is 5.65. The van der Waals surface area contributed by atoms with Gasteiger partial charge in [-0.25, -0.2) is 4.79 Å². The lowest BCUT2D eigenvalue weighted by atomic mass is 9.60. The molecule has 0 radical (unpaired) electrons. The summed E-state index contributed by atoms with van der Waals surface area (Å²) in [6.07, 6.45) is 14.4. The van der Waals surface area contributed by atoms with Crippen LogP contribution in [-0.4, -0.2) is 42.1 Å². The van der Waals surface area contributed by atoms with Crippen LogP contribution in [0, 0.1) is 22.7 Å². The molecule has 1 saturated heterocycles. The van der Waals surface area contributed by atoms with Gasteiger partial charge in [-0.2, -0.15) is 0 Å². The van der Waals surface area contributed by atoms with Crippen LogP contribution in [0.2, 0.25) is 0 Å². The Bertz CT molecular complexity index is 769. The number of amides is 2. The first-order valence-electron chi connectivity index (χ1n) is 10.8. The smallest absolute Gasteiger partial charge is 0.407 e. The molecule has 5 rings (SSSR count). The molecule has 1 N–H and O–H groups in total. The summed E-state index contributed by atoms with van der Waals surface area (Å²) in [6.45, 7) is 5.16. The molecule has 5 heteroatoms. The molecule has 0 aromatic heterocycles. The molecule has 28 heavy (non-hydrogen) atoms. The summed E-state index contributed by atoms with van der Waals surface area (Å²) in [4.78, 5) is 26.1. The standard InChI is InChI=1S/C23H32N2O3/c1-21(6-4-16(5-7-21)22(2)8-9-22)17-10-18(11-17)25(3)19(26)15-12-23(13-15)14-28-20(27)24-23/h4-6,15,17-18H,7-14H2,1-3H3,(H,24,27). The van der Waals surface area contributed by atoms with Crippen molar-refractivity contribution in [3.05, 3.63) is 23.8 Å². The summed E-state index contributed by atoms with van der Waals surface area (Å²) in [5.74, 6) is 0.924. The van der Waals surface area contributed by atoms with Crippen molar-refractivity contribution in [2.45, 2.75) is 70.4 Å². The highest BCUT2D eigenvalue weighted by molar-refractivity contribution is 5.81. The lowest BCUT2D eigenvalue weighted by molar-refractivity contribution is -0.145. The number of nitrogens with one attached hydrogen (secondary N) is 1.